The average molecular weight is 744 g/mol. The van der Waals surface area contributed by atoms with Crippen molar-refractivity contribution in [1.82, 2.24) is 19.9 Å². The van der Waals surface area contributed by atoms with Crippen LogP contribution in [0.4, 0.5) is 25.4 Å². The molecule has 1 aliphatic heterocycles. The van der Waals surface area contributed by atoms with Crippen molar-refractivity contribution in [3.05, 3.63) is 87.7 Å². The van der Waals surface area contributed by atoms with Gasteiger partial charge in [-0.2, -0.15) is 0 Å². The maximum Gasteiger partial charge on any atom is 0.407 e. The van der Waals surface area contributed by atoms with Gasteiger partial charge in [0.25, 0.3) is 5.56 Å². The van der Waals surface area contributed by atoms with Crippen LogP contribution >= 0.6 is 11.6 Å². The van der Waals surface area contributed by atoms with E-state index in [0.717, 1.165) is 7.11 Å². The third-order valence-electron chi connectivity index (χ3n) is 8.61. The van der Waals surface area contributed by atoms with E-state index in [2.05, 4.69) is 15.4 Å². The predicted molar refractivity (Wildman–Crippen MR) is 197 cm³/mol. The van der Waals surface area contributed by atoms with Crippen LogP contribution in [0.25, 0.3) is 10.9 Å². The SMILES string of the molecule is COC(=O)N[C@H](C(=O)N1CCN(n2c(C(C)N(C(=O)Nc3ccc(F)cc3)c3ccc(OC)cc3OC)nc3ccc(Cl)cc3c2=O)CC1)[C@@H](C)O.[HH].[HH]. The van der Waals surface area contributed by atoms with E-state index in [1.54, 1.807) is 42.3 Å². The molecule has 4 amide bonds. The number of piperazine rings is 1. The number of aliphatic hydroxyl groups is 1. The zero-order chi connectivity index (χ0) is 37.7. The van der Waals surface area contributed by atoms with Crippen LogP contribution in [0.2, 0.25) is 5.02 Å². The number of carbonyl (C=O) groups is 3. The number of hydrogen-bond donors (Lipinski definition) is 3. The fourth-order valence-corrected chi connectivity index (χ4v) is 6.08. The van der Waals surface area contributed by atoms with Crippen molar-refractivity contribution in [3.63, 3.8) is 0 Å². The Balaban J connectivity index is 0.00000392. The number of urea groups is 1. The smallest absolute Gasteiger partial charge is 0.407 e. The summed E-state index contributed by atoms with van der Waals surface area (Å²) in [6.07, 6.45) is -2.08. The summed E-state index contributed by atoms with van der Waals surface area (Å²) in [5, 5.41) is 17.7. The predicted octanol–water partition coefficient (Wildman–Crippen LogP) is 4.38. The second kappa shape index (κ2) is 16.2. The van der Waals surface area contributed by atoms with Crippen molar-refractivity contribution in [2.24, 2.45) is 0 Å². The van der Waals surface area contributed by atoms with Gasteiger partial charge in [-0.05, 0) is 68.4 Å². The summed E-state index contributed by atoms with van der Waals surface area (Å²) in [5.41, 5.74) is 0.483. The van der Waals surface area contributed by atoms with Crippen LogP contribution in [0.5, 0.6) is 11.5 Å². The van der Waals surface area contributed by atoms with Crippen molar-refractivity contribution >= 4 is 51.9 Å². The van der Waals surface area contributed by atoms with Crippen LogP contribution < -0.4 is 35.6 Å². The zero-order valence-corrected chi connectivity index (χ0v) is 29.9. The Morgan fingerprint density at radius 1 is 0.981 bits per heavy atom. The van der Waals surface area contributed by atoms with Crippen molar-refractivity contribution in [2.75, 3.05) is 62.7 Å². The van der Waals surface area contributed by atoms with Gasteiger partial charge in [-0.25, -0.2) is 23.6 Å². The van der Waals surface area contributed by atoms with Gasteiger partial charge in [-0.3, -0.25) is 14.5 Å². The van der Waals surface area contributed by atoms with E-state index in [1.165, 1.54) is 66.0 Å². The molecule has 0 aliphatic carbocycles. The number of aliphatic hydroxyl groups excluding tert-OH is 1. The van der Waals surface area contributed by atoms with Crippen molar-refractivity contribution in [3.8, 4) is 11.5 Å². The molecule has 15 nitrogen and oxygen atoms in total. The molecule has 0 bridgehead atoms. The van der Waals surface area contributed by atoms with Gasteiger partial charge in [0.05, 0.1) is 63.2 Å². The summed E-state index contributed by atoms with van der Waals surface area (Å²) in [6.45, 7) is 3.57. The third-order valence-corrected chi connectivity index (χ3v) is 8.85. The van der Waals surface area contributed by atoms with Crippen LogP contribution in [-0.4, -0.2) is 97.4 Å². The maximum atomic E-state index is 14.4. The van der Waals surface area contributed by atoms with E-state index < -0.39 is 47.6 Å². The molecule has 0 radical (unpaired) electrons. The lowest BCUT2D eigenvalue weighted by Gasteiger charge is -2.40. The number of fused-ring (bicyclic) bond motifs is 1. The highest BCUT2D eigenvalue weighted by molar-refractivity contribution is 6.31. The lowest BCUT2D eigenvalue weighted by atomic mass is 10.1. The first-order valence-electron chi connectivity index (χ1n) is 16.2. The Morgan fingerprint density at radius 3 is 2.29 bits per heavy atom. The number of anilines is 2. The molecular formula is C35H43ClFN7O8. The number of rotatable bonds is 10. The maximum absolute atomic E-state index is 14.4. The molecule has 0 saturated carbocycles. The standard InChI is InChI=1S/C35H39ClFN7O8.2H2/c1-20(43(28-13-11-25(50-3)19-29(28)51-4)34(48)38-24-9-7-23(37)8-10-24)31-39-27-12-6-22(36)18-26(27)32(46)44(31)42-16-14-41(15-17-42)33(47)30(21(2)45)40-35(49)52-5;;/h6-13,18-21,30,45H,14-17H2,1-5H3,(H,38,48)(H,40,49);2*1H/t20?,21-,30+;;/m1../s1. The third kappa shape index (κ3) is 7.97. The Morgan fingerprint density at radius 2 is 1.67 bits per heavy atom. The Kier molecular flexibility index (Phi) is 11.7. The van der Waals surface area contributed by atoms with Gasteiger partial charge in [0.15, 0.2) is 5.82 Å². The molecule has 4 aromatic rings. The van der Waals surface area contributed by atoms with Crippen molar-refractivity contribution in [1.29, 1.82) is 0 Å². The first-order chi connectivity index (χ1) is 24.9. The Hall–Kier alpha value is -5.61. The number of aromatic nitrogens is 2. The van der Waals surface area contributed by atoms with Gasteiger partial charge < -0.3 is 39.9 Å². The molecule has 5 rings (SSSR count). The minimum absolute atomic E-state index is 0. The number of hydrogen-bond acceptors (Lipinski definition) is 10. The molecule has 1 saturated heterocycles. The number of nitrogens with zero attached hydrogens (tertiary/aromatic N) is 5. The molecule has 0 spiro atoms. The van der Waals surface area contributed by atoms with E-state index in [0.29, 0.717) is 27.7 Å². The number of ether oxygens (including phenoxy) is 3. The molecule has 280 valence electrons. The fourth-order valence-electron chi connectivity index (χ4n) is 5.91. The quantitative estimate of drug-likeness (QED) is 0.212. The molecule has 52 heavy (non-hydrogen) atoms. The highest BCUT2D eigenvalue weighted by atomic mass is 35.5. The minimum Gasteiger partial charge on any atom is -0.497 e. The van der Waals surface area contributed by atoms with Gasteiger partial charge in [-0.1, -0.05) is 11.6 Å². The second-order valence-corrected chi connectivity index (χ2v) is 12.3. The number of nitrogens with one attached hydrogen (secondary N) is 2. The van der Waals surface area contributed by atoms with E-state index in [9.17, 15) is 28.7 Å². The molecule has 17 heteroatoms. The zero-order valence-electron chi connectivity index (χ0n) is 29.1. The van der Waals surface area contributed by atoms with E-state index >= 15 is 0 Å². The van der Waals surface area contributed by atoms with Gasteiger partial charge in [-0.15, -0.1) is 0 Å². The van der Waals surface area contributed by atoms with Crippen molar-refractivity contribution in [2.45, 2.75) is 32.0 Å². The lowest BCUT2D eigenvalue weighted by Crippen LogP contribution is -2.61. The number of alkyl carbamates (subject to hydrolysis) is 1. The number of carbonyl (C=O) groups excluding carboxylic acids is 3. The van der Waals surface area contributed by atoms with E-state index in [-0.39, 0.29) is 46.0 Å². The molecule has 1 aromatic heterocycles. The molecule has 3 N–H and O–H groups in total. The van der Waals surface area contributed by atoms with E-state index in [1.807, 2.05) is 0 Å². The van der Waals surface area contributed by atoms with Gasteiger partial charge >= 0.3 is 12.1 Å². The fraction of sp³-hybridized carbons (Fsp3) is 0.343. The monoisotopic (exact) mass is 743 g/mol. The summed E-state index contributed by atoms with van der Waals surface area (Å²) < 4.78 is 30.8. The highest BCUT2D eigenvalue weighted by Crippen LogP contribution is 2.37. The minimum atomic E-state index is -1.26. The highest BCUT2D eigenvalue weighted by Gasteiger charge is 2.35. The van der Waals surface area contributed by atoms with Crippen LogP contribution in [0.3, 0.4) is 0 Å². The van der Waals surface area contributed by atoms with Crippen LogP contribution in [0.15, 0.2) is 65.5 Å². The summed E-state index contributed by atoms with van der Waals surface area (Å²) in [4.78, 5) is 61.6. The van der Waals surface area contributed by atoms with Crippen LogP contribution in [0, 0.1) is 5.82 Å². The molecule has 1 unspecified atom stereocenters. The average Bonchev–Trinajstić information content (AvgIpc) is 3.14. The summed E-state index contributed by atoms with van der Waals surface area (Å²) in [5.74, 6) is -0.0906. The lowest BCUT2D eigenvalue weighted by molar-refractivity contribution is -0.136. The molecule has 3 aromatic carbocycles. The number of benzene rings is 3. The topological polar surface area (TPSA) is 168 Å². The number of methoxy groups -OCH3 is 3. The van der Waals surface area contributed by atoms with Crippen LogP contribution in [-0.2, 0) is 9.53 Å². The summed E-state index contributed by atoms with van der Waals surface area (Å²) in [7, 11) is 4.08. The van der Waals surface area contributed by atoms with Gasteiger partial charge in [0.2, 0.25) is 5.91 Å². The summed E-state index contributed by atoms with van der Waals surface area (Å²) >= 11 is 6.30. The van der Waals surface area contributed by atoms with E-state index in [4.69, 9.17) is 26.1 Å². The molecule has 1 aliphatic rings. The molecule has 1 fully saturated rings. The number of halogens is 2. The Labute approximate surface area is 306 Å². The number of amides is 4. The largest absolute Gasteiger partial charge is 0.497 e. The molecular weight excluding hydrogens is 701 g/mol. The first-order valence-corrected chi connectivity index (χ1v) is 16.6. The Bertz CT molecular complexity index is 2020. The second-order valence-electron chi connectivity index (χ2n) is 11.9. The first kappa shape index (κ1) is 37.6. The van der Waals surface area contributed by atoms with Crippen LogP contribution in [0.1, 0.15) is 28.6 Å². The van der Waals surface area contributed by atoms with Gasteiger partial charge in [0.1, 0.15) is 23.4 Å². The van der Waals surface area contributed by atoms with Crippen molar-refractivity contribution < 1.29 is 40.9 Å². The molecule has 2 heterocycles. The normalized spacial score (nSPS) is 14.6. The van der Waals surface area contributed by atoms with Gasteiger partial charge in [0, 0.05) is 32.7 Å². The molecule has 3 atom stereocenters. The summed E-state index contributed by atoms with van der Waals surface area (Å²) in [6, 6.07) is 12.0.